The molecule has 0 bridgehead atoms. The van der Waals surface area contributed by atoms with E-state index in [1.807, 2.05) is 6.07 Å². The van der Waals surface area contributed by atoms with Gasteiger partial charge in [-0.05, 0) is 30.3 Å². The van der Waals surface area contributed by atoms with E-state index < -0.39 is 0 Å². The Kier molecular flexibility index (Phi) is 5.81. The van der Waals surface area contributed by atoms with Crippen molar-refractivity contribution in [2.24, 2.45) is 0 Å². The third kappa shape index (κ3) is 4.36. The van der Waals surface area contributed by atoms with Crippen molar-refractivity contribution in [1.82, 2.24) is 0 Å². The molecule has 0 spiro atoms. The van der Waals surface area contributed by atoms with Crippen LogP contribution < -0.4 is 14.2 Å². The van der Waals surface area contributed by atoms with Gasteiger partial charge in [-0.1, -0.05) is 6.07 Å². The molecule has 0 fully saturated rings. The lowest BCUT2D eigenvalue weighted by molar-refractivity contribution is 0.304. The minimum Gasteiger partial charge on any atom is -0.497 e. The first-order valence-electron chi connectivity index (χ1n) is 7.18. The fraction of sp³-hybridized carbons (Fsp3) is 0.278. The van der Waals surface area contributed by atoms with Crippen molar-refractivity contribution in [3.8, 4) is 23.3 Å². The summed E-state index contributed by atoms with van der Waals surface area (Å²) in [4.78, 5) is 0. The van der Waals surface area contributed by atoms with Crippen molar-refractivity contribution in [2.45, 2.75) is 12.3 Å². The van der Waals surface area contributed by atoms with Crippen LogP contribution in [0.4, 0.5) is 4.39 Å². The molecule has 0 aliphatic rings. The van der Waals surface area contributed by atoms with Gasteiger partial charge in [0.1, 0.15) is 23.1 Å². The fourth-order valence-corrected chi connectivity index (χ4v) is 2.22. The van der Waals surface area contributed by atoms with E-state index >= 15 is 0 Å². The van der Waals surface area contributed by atoms with Crippen LogP contribution >= 0.6 is 0 Å². The van der Waals surface area contributed by atoms with Gasteiger partial charge in [0.15, 0.2) is 0 Å². The van der Waals surface area contributed by atoms with E-state index in [1.165, 1.54) is 12.1 Å². The molecule has 4 nitrogen and oxygen atoms in total. The number of nitrogens with zero attached hydrogens (tertiary/aromatic N) is 1. The molecule has 1 atom stereocenters. The van der Waals surface area contributed by atoms with E-state index in [2.05, 4.69) is 6.07 Å². The lowest BCUT2D eigenvalue weighted by Gasteiger charge is -2.15. The van der Waals surface area contributed by atoms with Crippen molar-refractivity contribution >= 4 is 0 Å². The number of benzene rings is 2. The van der Waals surface area contributed by atoms with Crippen molar-refractivity contribution in [1.29, 1.82) is 5.26 Å². The van der Waals surface area contributed by atoms with E-state index in [-0.39, 0.29) is 11.7 Å². The molecule has 0 saturated heterocycles. The second-order valence-corrected chi connectivity index (χ2v) is 4.88. The van der Waals surface area contributed by atoms with Gasteiger partial charge in [-0.3, -0.25) is 0 Å². The summed E-state index contributed by atoms with van der Waals surface area (Å²) in [5.41, 5.74) is 0.790. The molecule has 0 N–H and O–H groups in total. The molecule has 0 radical (unpaired) electrons. The Labute approximate surface area is 135 Å². The molecule has 120 valence electrons. The number of ether oxygens (including phenoxy) is 3. The highest BCUT2D eigenvalue weighted by Gasteiger charge is 2.16. The van der Waals surface area contributed by atoms with Gasteiger partial charge in [0.25, 0.3) is 0 Å². The Morgan fingerprint density at radius 3 is 2.35 bits per heavy atom. The van der Waals surface area contributed by atoms with Crippen molar-refractivity contribution in [3.63, 3.8) is 0 Å². The van der Waals surface area contributed by atoms with E-state index in [0.717, 1.165) is 5.56 Å². The van der Waals surface area contributed by atoms with Crippen LogP contribution in [-0.4, -0.2) is 20.8 Å². The molecule has 2 aromatic rings. The number of nitriles is 1. The van der Waals surface area contributed by atoms with Crippen molar-refractivity contribution < 1.29 is 18.6 Å². The quantitative estimate of drug-likeness (QED) is 0.777. The average molecular weight is 315 g/mol. The van der Waals surface area contributed by atoms with Gasteiger partial charge in [0.05, 0.1) is 32.8 Å². The number of hydrogen-bond donors (Lipinski definition) is 0. The lowest BCUT2D eigenvalue weighted by Crippen LogP contribution is -2.06. The Morgan fingerprint density at radius 2 is 1.74 bits per heavy atom. The largest absolute Gasteiger partial charge is 0.497 e. The third-order valence-electron chi connectivity index (χ3n) is 3.46. The van der Waals surface area contributed by atoms with Gasteiger partial charge < -0.3 is 14.2 Å². The molecule has 1 unspecified atom stereocenters. The Morgan fingerprint density at radius 1 is 1.04 bits per heavy atom. The summed E-state index contributed by atoms with van der Waals surface area (Å²) in [6.45, 7) is 0.346. The summed E-state index contributed by atoms with van der Waals surface area (Å²) in [7, 11) is 3.13. The van der Waals surface area contributed by atoms with E-state index in [9.17, 15) is 9.65 Å². The average Bonchev–Trinajstić information content (AvgIpc) is 2.60. The minimum atomic E-state index is -0.365. The monoisotopic (exact) mass is 315 g/mol. The summed E-state index contributed by atoms with van der Waals surface area (Å²) < 4.78 is 28.9. The minimum absolute atomic E-state index is 0.310. The second kappa shape index (κ2) is 8.04. The molecular formula is C18H18FNO3. The first-order chi connectivity index (χ1) is 11.2. The van der Waals surface area contributed by atoms with Gasteiger partial charge in [-0.2, -0.15) is 5.26 Å². The molecule has 5 heteroatoms. The topological polar surface area (TPSA) is 51.5 Å². The highest BCUT2D eigenvalue weighted by molar-refractivity contribution is 5.44. The van der Waals surface area contributed by atoms with Crippen LogP contribution in [0.15, 0.2) is 42.5 Å². The Bertz CT molecular complexity index is 680. The molecule has 0 aliphatic carbocycles. The molecule has 2 aromatic carbocycles. The molecule has 0 aromatic heterocycles. The van der Waals surface area contributed by atoms with E-state index in [1.54, 1.807) is 38.5 Å². The van der Waals surface area contributed by atoms with Crippen LogP contribution in [0.3, 0.4) is 0 Å². The van der Waals surface area contributed by atoms with Gasteiger partial charge in [-0.25, -0.2) is 4.39 Å². The smallest absolute Gasteiger partial charge is 0.127 e. The van der Waals surface area contributed by atoms with Crippen LogP contribution in [0.2, 0.25) is 0 Å². The first-order valence-corrected chi connectivity index (χ1v) is 7.18. The molecular weight excluding hydrogens is 297 g/mol. The highest BCUT2D eigenvalue weighted by atomic mass is 19.1. The summed E-state index contributed by atoms with van der Waals surface area (Å²) >= 11 is 0. The maximum absolute atomic E-state index is 12.8. The van der Waals surface area contributed by atoms with Crippen molar-refractivity contribution in [3.05, 3.63) is 53.8 Å². The Hall–Kier alpha value is -2.74. The van der Waals surface area contributed by atoms with Gasteiger partial charge in [-0.15, -0.1) is 0 Å². The van der Waals surface area contributed by atoms with E-state index in [4.69, 9.17) is 14.2 Å². The molecule has 0 amide bonds. The summed E-state index contributed by atoms with van der Waals surface area (Å²) in [5, 5.41) is 9.42. The zero-order valence-electron chi connectivity index (χ0n) is 13.1. The van der Waals surface area contributed by atoms with Gasteiger partial charge in [0.2, 0.25) is 0 Å². The summed E-state index contributed by atoms with van der Waals surface area (Å²) in [5.74, 6) is 1.18. The SMILES string of the molecule is COc1ccc(C(C#N)CCOc2ccc(F)cc2)c(OC)c1. The van der Waals surface area contributed by atoms with Crippen LogP contribution in [0.1, 0.15) is 17.9 Å². The normalized spacial score (nSPS) is 11.4. The number of hydrogen-bond acceptors (Lipinski definition) is 4. The summed E-state index contributed by atoms with van der Waals surface area (Å²) in [6.07, 6.45) is 0.497. The maximum atomic E-state index is 12.8. The summed E-state index contributed by atoms with van der Waals surface area (Å²) in [6, 6.07) is 13.4. The predicted molar refractivity (Wildman–Crippen MR) is 84.4 cm³/mol. The number of halogens is 1. The maximum Gasteiger partial charge on any atom is 0.127 e. The highest BCUT2D eigenvalue weighted by Crippen LogP contribution is 2.32. The zero-order valence-corrected chi connectivity index (χ0v) is 13.1. The molecule has 0 saturated carbocycles. The first kappa shape index (κ1) is 16.6. The van der Waals surface area contributed by atoms with Gasteiger partial charge >= 0.3 is 0 Å². The zero-order chi connectivity index (χ0) is 16.7. The molecule has 0 heterocycles. The van der Waals surface area contributed by atoms with Crippen LogP contribution in [0.25, 0.3) is 0 Å². The van der Waals surface area contributed by atoms with Crippen LogP contribution in [0.5, 0.6) is 17.2 Å². The fourth-order valence-electron chi connectivity index (χ4n) is 2.22. The number of rotatable bonds is 7. The van der Waals surface area contributed by atoms with Crippen molar-refractivity contribution in [2.75, 3.05) is 20.8 Å². The molecule has 23 heavy (non-hydrogen) atoms. The second-order valence-electron chi connectivity index (χ2n) is 4.88. The third-order valence-corrected chi connectivity index (χ3v) is 3.46. The van der Waals surface area contributed by atoms with Crippen LogP contribution in [-0.2, 0) is 0 Å². The Balaban J connectivity index is 2.02. The molecule has 2 rings (SSSR count). The standard InChI is InChI=1S/C18H18FNO3/c1-21-16-7-8-17(18(11-16)22-2)13(12-20)9-10-23-15-5-3-14(19)4-6-15/h3-8,11,13H,9-10H2,1-2H3. The molecule has 0 aliphatic heterocycles. The van der Waals surface area contributed by atoms with Crippen LogP contribution in [0, 0.1) is 17.1 Å². The lowest BCUT2D eigenvalue weighted by atomic mass is 9.96. The van der Waals surface area contributed by atoms with Gasteiger partial charge in [0, 0.05) is 18.1 Å². The number of methoxy groups -OCH3 is 2. The van der Waals surface area contributed by atoms with E-state index in [0.29, 0.717) is 30.3 Å². The predicted octanol–water partition coefficient (Wildman–Crippen LogP) is 3.92.